The molecule has 2 rings (SSSR count). The summed E-state index contributed by atoms with van der Waals surface area (Å²) in [6.07, 6.45) is 4.01. The Balaban J connectivity index is 2.31. The number of aromatic nitrogens is 3. The number of nitro groups is 1. The number of nitrogens with zero attached hydrogens (tertiary/aromatic N) is 3. The zero-order valence-corrected chi connectivity index (χ0v) is 10.9. The number of anilines is 1. The lowest BCUT2D eigenvalue weighted by Crippen LogP contribution is -2.13. The fourth-order valence-electron chi connectivity index (χ4n) is 1.68. The highest BCUT2D eigenvalue weighted by molar-refractivity contribution is 6.29. The SMILES string of the molecule is CCC(Nc1nc(Cl)ccc1[N+](=O)[O-])c1ncc[nH]1. The van der Waals surface area contributed by atoms with Gasteiger partial charge in [0.05, 0.1) is 11.0 Å². The number of hydrogen-bond acceptors (Lipinski definition) is 5. The van der Waals surface area contributed by atoms with Crippen molar-refractivity contribution in [2.75, 3.05) is 5.32 Å². The van der Waals surface area contributed by atoms with E-state index in [1.807, 2.05) is 6.92 Å². The summed E-state index contributed by atoms with van der Waals surface area (Å²) < 4.78 is 0. The van der Waals surface area contributed by atoms with Gasteiger partial charge in [-0.2, -0.15) is 0 Å². The quantitative estimate of drug-likeness (QED) is 0.499. The lowest BCUT2D eigenvalue weighted by Gasteiger charge is -2.15. The van der Waals surface area contributed by atoms with Crippen LogP contribution in [-0.2, 0) is 0 Å². The molecule has 0 aliphatic carbocycles. The molecule has 1 atom stereocenters. The zero-order valence-electron chi connectivity index (χ0n) is 10.1. The third kappa shape index (κ3) is 3.00. The third-order valence-corrected chi connectivity index (χ3v) is 2.82. The number of nitrogens with one attached hydrogen (secondary N) is 2. The standard InChI is InChI=1S/C11H12ClN5O2/c1-2-7(10-13-5-6-14-10)15-11-8(17(18)19)3-4-9(12)16-11/h3-7H,2H2,1H3,(H,13,14)(H,15,16). The Hall–Kier alpha value is -2.15. The van der Waals surface area contributed by atoms with Crippen LogP contribution in [0.15, 0.2) is 24.5 Å². The van der Waals surface area contributed by atoms with Crippen molar-refractivity contribution in [3.63, 3.8) is 0 Å². The van der Waals surface area contributed by atoms with Gasteiger partial charge in [-0.25, -0.2) is 9.97 Å². The van der Waals surface area contributed by atoms with Crippen LogP contribution in [0.25, 0.3) is 0 Å². The molecule has 19 heavy (non-hydrogen) atoms. The van der Waals surface area contributed by atoms with Crippen molar-refractivity contribution in [1.29, 1.82) is 0 Å². The van der Waals surface area contributed by atoms with Crippen LogP contribution in [0, 0.1) is 10.1 Å². The highest BCUT2D eigenvalue weighted by Crippen LogP contribution is 2.28. The molecule has 1 unspecified atom stereocenters. The van der Waals surface area contributed by atoms with Crippen molar-refractivity contribution < 1.29 is 4.92 Å². The van der Waals surface area contributed by atoms with Crippen molar-refractivity contribution in [2.24, 2.45) is 0 Å². The Morgan fingerprint density at radius 1 is 1.58 bits per heavy atom. The molecule has 0 saturated carbocycles. The van der Waals surface area contributed by atoms with Crippen LogP contribution in [0.4, 0.5) is 11.5 Å². The minimum Gasteiger partial charge on any atom is -0.354 e. The Morgan fingerprint density at radius 3 is 2.95 bits per heavy atom. The van der Waals surface area contributed by atoms with Crippen LogP contribution in [0.5, 0.6) is 0 Å². The van der Waals surface area contributed by atoms with E-state index in [2.05, 4.69) is 20.3 Å². The van der Waals surface area contributed by atoms with Crippen molar-refractivity contribution in [2.45, 2.75) is 19.4 Å². The van der Waals surface area contributed by atoms with Crippen molar-refractivity contribution >= 4 is 23.1 Å². The van der Waals surface area contributed by atoms with E-state index < -0.39 is 4.92 Å². The number of halogens is 1. The lowest BCUT2D eigenvalue weighted by molar-refractivity contribution is -0.384. The van der Waals surface area contributed by atoms with E-state index in [1.54, 1.807) is 12.4 Å². The Labute approximate surface area is 114 Å². The molecule has 2 heterocycles. The summed E-state index contributed by atoms with van der Waals surface area (Å²) in [5, 5.41) is 14.1. The number of rotatable bonds is 5. The van der Waals surface area contributed by atoms with Crippen molar-refractivity contribution in [3.8, 4) is 0 Å². The van der Waals surface area contributed by atoms with Crippen molar-refractivity contribution in [3.05, 3.63) is 45.6 Å². The fourth-order valence-corrected chi connectivity index (χ4v) is 1.83. The summed E-state index contributed by atoms with van der Waals surface area (Å²) in [7, 11) is 0. The molecule has 0 aliphatic rings. The van der Waals surface area contributed by atoms with Gasteiger partial charge in [0.2, 0.25) is 5.82 Å². The molecule has 7 nitrogen and oxygen atoms in total. The maximum absolute atomic E-state index is 10.9. The zero-order chi connectivity index (χ0) is 13.8. The molecule has 0 aromatic carbocycles. The fraction of sp³-hybridized carbons (Fsp3) is 0.273. The van der Waals surface area contributed by atoms with Crippen LogP contribution in [0.2, 0.25) is 5.15 Å². The second-order valence-electron chi connectivity index (χ2n) is 3.84. The normalized spacial score (nSPS) is 12.1. The summed E-state index contributed by atoms with van der Waals surface area (Å²) in [6, 6.07) is 2.52. The number of H-pyrrole nitrogens is 1. The highest BCUT2D eigenvalue weighted by atomic mass is 35.5. The van der Waals surface area contributed by atoms with E-state index in [0.717, 1.165) is 0 Å². The van der Waals surface area contributed by atoms with E-state index >= 15 is 0 Å². The Morgan fingerprint density at radius 2 is 2.37 bits per heavy atom. The molecule has 0 spiro atoms. The second-order valence-corrected chi connectivity index (χ2v) is 4.23. The Bertz CT molecular complexity index is 572. The molecule has 8 heteroatoms. The summed E-state index contributed by atoms with van der Waals surface area (Å²) in [4.78, 5) is 21.5. The first-order valence-corrected chi connectivity index (χ1v) is 6.06. The van der Waals surface area contributed by atoms with Crippen LogP contribution in [0.1, 0.15) is 25.2 Å². The molecule has 2 aromatic rings. The first-order valence-electron chi connectivity index (χ1n) is 5.68. The molecular weight excluding hydrogens is 270 g/mol. The first kappa shape index (κ1) is 13.3. The Kier molecular flexibility index (Phi) is 3.96. The summed E-state index contributed by atoms with van der Waals surface area (Å²) in [5.74, 6) is 0.833. The molecule has 0 aliphatic heterocycles. The maximum atomic E-state index is 10.9. The summed E-state index contributed by atoms with van der Waals surface area (Å²) in [6.45, 7) is 1.94. The average molecular weight is 282 g/mol. The second kappa shape index (κ2) is 5.66. The number of aromatic amines is 1. The summed E-state index contributed by atoms with van der Waals surface area (Å²) >= 11 is 5.78. The molecule has 0 radical (unpaired) electrons. The van der Waals surface area contributed by atoms with E-state index in [9.17, 15) is 10.1 Å². The average Bonchev–Trinajstić information content (AvgIpc) is 2.89. The smallest absolute Gasteiger partial charge is 0.311 e. The van der Waals surface area contributed by atoms with Crippen LogP contribution >= 0.6 is 11.6 Å². The lowest BCUT2D eigenvalue weighted by atomic mass is 10.2. The van der Waals surface area contributed by atoms with Gasteiger partial charge >= 0.3 is 5.69 Å². The van der Waals surface area contributed by atoms with Gasteiger partial charge in [-0.05, 0) is 12.5 Å². The van der Waals surface area contributed by atoms with E-state index in [-0.39, 0.29) is 22.7 Å². The number of imidazole rings is 1. The molecule has 100 valence electrons. The van der Waals surface area contributed by atoms with Crippen LogP contribution < -0.4 is 5.32 Å². The number of hydrogen-bond donors (Lipinski definition) is 2. The van der Waals surface area contributed by atoms with Gasteiger partial charge in [-0.15, -0.1) is 0 Å². The molecule has 2 N–H and O–H groups in total. The van der Waals surface area contributed by atoms with E-state index in [0.29, 0.717) is 12.2 Å². The predicted molar refractivity (Wildman–Crippen MR) is 71.1 cm³/mol. The number of pyridine rings is 1. The molecule has 0 amide bonds. The summed E-state index contributed by atoms with van der Waals surface area (Å²) in [5.41, 5.74) is -0.116. The molecule has 0 fully saturated rings. The minimum absolute atomic E-state index is 0.116. The first-order chi connectivity index (χ1) is 9.11. The third-order valence-electron chi connectivity index (χ3n) is 2.61. The predicted octanol–water partition coefficient (Wildman–Crippen LogP) is 2.93. The van der Waals surface area contributed by atoms with Gasteiger partial charge in [0, 0.05) is 18.5 Å². The van der Waals surface area contributed by atoms with Gasteiger partial charge in [-0.1, -0.05) is 18.5 Å². The topological polar surface area (TPSA) is 96.7 Å². The monoisotopic (exact) mass is 281 g/mol. The van der Waals surface area contributed by atoms with Gasteiger partial charge in [0.1, 0.15) is 11.0 Å². The molecule has 0 saturated heterocycles. The van der Waals surface area contributed by atoms with E-state index in [4.69, 9.17) is 11.6 Å². The van der Waals surface area contributed by atoms with Gasteiger partial charge in [0.25, 0.3) is 0 Å². The van der Waals surface area contributed by atoms with Gasteiger partial charge in [0.15, 0.2) is 0 Å². The largest absolute Gasteiger partial charge is 0.354 e. The highest BCUT2D eigenvalue weighted by Gasteiger charge is 2.20. The molecule has 2 aromatic heterocycles. The van der Waals surface area contributed by atoms with Gasteiger partial charge < -0.3 is 10.3 Å². The van der Waals surface area contributed by atoms with E-state index in [1.165, 1.54) is 12.1 Å². The van der Waals surface area contributed by atoms with Crippen LogP contribution in [-0.4, -0.2) is 19.9 Å². The molecule has 0 bridgehead atoms. The van der Waals surface area contributed by atoms with Crippen molar-refractivity contribution in [1.82, 2.24) is 15.0 Å². The van der Waals surface area contributed by atoms with Crippen LogP contribution in [0.3, 0.4) is 0 Å². The van der Waals surface area contributed by atoms with Gasteiger partial charge in [-0.3, -0.25) is 10.1 Å². The minimum atomic E-state index is -0.499. The maximum Gasteiger partial charge on any atom is 0.311 e. The molecular formula is C11H12ClN5O2.